The molecule has 0 fully saturated rings. The zero-order valence-electron chi connectivity index (χ0n) is 8.77. The number of nitrogens with zero attached hydrogens (tertiary/aromatic N) is 1. The molecular weight excluding hydrogens is 244 g/mol. The maximum absolute atomic E-state index is 11.4. The van der Waals surface area contributed by atoms with Crippen LogP contribution in [0.2, 0.25) is 5.15 Å². The van der Waals surface area contributed by atoms with Gasteiger partial charge in [0.2, 0.25) is 0 Å². The third-order valence-electron chi connectivity index (χ3n) is 1.68. The van der Waals surface area contributed by atoms with Gasteiger partial charge >= 0.3 is 5.97 Å². The van der Waals surface area contributed by atoms with Gasteiger partial charge in [-0.05, 0) is 12.1 Å². The molecule has 1 heterocycles. The first-order valence-electron chi connectivity index (χ1n) is 4.62. The Bertz CT molecular complexity index is 468. The molecule has 0 aliphatic carbocycles. The number of carbonyl (C=O) groups is 2. The molecule has 5 nitrogen and oxygen atoms in total. The summed E-state index contributed by atoms with van der Waals surface area (Å²) < 4.78 is 4.74. The highest BCUT2D eigenvalue weighted by atomic mass is 35.5. The fraction of sp³-hybridized carbons (Fsp3) is 0.182. The van der Waals surface area contributed by atoms with Crippen molar-refractivity contribution in [2.45, 2.75) is 0 Å². The Morgan fingerprint density at radius 2 is 2.35 bits per heavy atom. The number of esters is 1. The van der Waals surface area contributed by atoms with Crippen LogP contribution in [0.3, 0.4) is 0 Å². The summed E-state index contributed by atoms with van der Waals surface area (Å²) in [5, 5.41) is 2.54. The van der Waals surface area contributed by atoms with Crippen LogP contribution in [-0.4, -0.2) is 30.0 Å². The third-order valence-corrected chi connectivity index (χ3v) is 1.89. The van der Waals surface area contributed by atoms with Crippen molar-refractivity contribution in [2.24, 2.45) is 0 Å². The summed E-state index contributed by atoms with van der Waals surface area (Å²) in [4.78, 5) is 26.2. The average Bonchev–Trinajstić information content (AvgIpc) is 2.33. The van der Waals surface area contributed by atoms with E-state index < -0.39 is 11.9 Å². The smallest absolute Gasteiger partial charge is 0.338 e. The molecule has 0 radical (unpaired) electrons. The molecule has 0 saturated carbocycles. The van der Waals surface area contributed by atoms with E-state index >= 15 is 0 Å². The number of terminal acetylenes is 1. The molecule has 0 spiro atoms. The lowest BCUT2D eigenvalue weighted by molar-refractivity contribution is -0.123. The Morgan fingerprint density at radius 3 is 3.00 bits per heavy atom. The summed E-state index contributed by atoms with van der Waals surface area (Å²) >= 11 is 5.60. The molecule has 0 unspecified atom stereocenters. The standard InChI is InChI=1S/C11H9ClN2O3/c1-2-4-14-10(15)7-17-11(16)8-3-5-13-9(12)6-8/h1,3,5-6H,4,7H2,(H,14,15). The van der Waals surface area contributed by atoms with Gasteiger partial charge in [-0.25, -0.2) is 9.78 Å². The number of hydrogen-bond donors (Lipinski definition) is 1. The fourth-order valence-corrected chi connectivity index (χ4v) is 1.12. The van der Waals surface area contributed by atoms with Gasteiger partial charge < -0.3 is 10.1 Å². The molecule has 1 N–H and O–H groups in total. The van der Waals surface area contributed by atoms with Gasteiger partial charge in [-0.1, -0.05) is 17.5 Å². The minimum Gasteiger partial charge on any atom is -0.452 e. The first-order chi connectivity index (χ1) is 8.13. The van der Waals surface area contributed by atoms with Gasteiger partial charge in [0.05, 0.1) is 12.1 Å². The van der Waals surface area contributed by atoms with E-state index in [-0.39, 0.29) is 23.9 Å². The third kappa shape index (κ3) is 4.53. The van der Waals surface area contributed by atoms with Crippen molar-refractivity contribution in [1.29, 1.82) is 0 Å². The topological polar surface area (TPSA) is 68.3 Å². The molecule has 17 heavy (non-hydrogen) atoms. The Balaban J connectivity index is 2.45. The SMILES string of the molecule is C#CCNC(=O)COC(=O)c1ccnc(Cl)c1. The number of halogens is 1. The molecule has 0 saturated heterocycles. The highest BCUT2D eigenvalue weighted by molar-refractivity contribution is 6.29. The molecular formula is C11H9ClN2O3. The molecule has 6 heteroatoms. The molecule has 1 rings (SSSR count). The molecule has 1 aromatic rings. The van der Waals surface area contributed by atoms with Crippen molar-refractivity contribution >= 4 is 23.5 Å². The van der Waals surface area contributed by atoms with Gasteiger partial charge in [-0.2, -0.15) is 0 Å². The van der Waals surface area contributed by atoms with E-state index in [0.29, 0.717) is 0 Å². The number of carbonyl (C=O) groups excluding carboxylic acids is 2. The summed E-state index contributed by atoms with van der Waals surface area (Å²) in [6.07, 6.45) is 6.32. The van der Waals surface area contributed by atoms with E-state index in [2.05, 4.69) is 16.2 Å². The number of rotatable bonds is 4. The minimum absolute atomic E-state index is 0.0947. The number of pyridine rings is 1. The largest absolute Gasteiger partial charge is 0.452 e. The summed E-state index contributed by atoms with van der Waals surface area (Å²) in [7, 11) is 0. The van der Waals surface area contributed by atoms with Crippen molar-refractivity contribution in [3.05, 3.63) is 29.0 Å². The molecule has 1 amide bonds. The van der Waals surface area contributed by atoms with Crippen LogP contribution in [0.15, 0.2) is 18.3 Å². The van der Waals surface area contributed by atoms with Gasteiger partial charge in [0.1, 0.15) is 5.15 Å². The number of hydrogen-bond acceptors (Lipinski definition) is 4. The van der Waals surface area contributed by atoms with Crippen LogP contribution in [0.4, 0.5) is 0 Å². The predicted octanol–water partition coefficient (Wildman–Crippen LogP) is 0.641. The lowest BCUT2D eigenvalue weighted by atomic mass is 10.3. The predicted molar refractivity (Wildman–Crippen MR) is 61.4 cm³/mol. The van der Waals surface area contributed by atoms with E-state index in [4.69, 9.17) is 22.8 Å². The minimum atomic E-state index is -0.648. The molecule has 88 valence electrons. The quantitative estimate of drug-likeness (QED) is 0.485. The van der Waals surface area contributed by atoms with Gasteiger partial charge in [0.15, 0.2) is 6.61 Å². The van der Waals surface area contributed by atoms with Crippen LogP contribution < -0.4 is 5.32 Å². The normalized spacial score (nSPS) is 9.18. The van der Waals surface area contributed by atoms with Crippen molar-refractivity contribution in [3.63, 3.8) is 0 Å². The monoisotopic (exact) mass is 252 g/mol. The van der Waals surface area contributed by atoms with Crippen molar-refractivity contribution < 1.29 is 14.3 Å². The Hall–Kier alpha value is -2.06. The number of ether oxygens (including phenoxy) is 1. The van der Waals surface area contributed by atoms with Gasteiger partial charge in [0, 0.05) is 6.20 Å². The van der Waals surface area contributed by atoms with Crippen LogP contribution in [0.5, 0.6) is 0 Å². The van der Waals surface area contributed by atoms with Crippen LogP contribution in [-0.2, 0) is 9.53 Å². The molecule has 0 atom stereocenters. The van der Waals surface area contributed by atoms with E-state index in [1.165, 1.54) is 18.3 Å². The summed E-state index contributed by atoms with van der Waals surface area (Å²) in [6, 6.07) is 2.79. The van der Waals surface area contributed by atoms with Gasteiger partial charge in [0.25, 0.3) is 5.91 Å². The second-order valence-electron chi connectivity index (χ2n) is 2.92. The number of amides is 1. The van der Waals surface area contributed by atoms with E-state index in [9.17, 15) is 9.59 Å². The van der Waals surface area contributed by atoms with Crippen LogP contribution in [0.1, 0.15) is 10.4 Å². The Labute approximate surface area is 103 Å². The average molecular weight is 253 g/mol. The second-order valence-corrected chi connectivity index (χ2v) is 3.31. The first kappa shape index (κ1) is 13.0. The molecule has 0 aliphatic heterocycles. The molecule has 0 aromatic carbocycles. The lowest BCUT2D eigenvalue weighted by Gasteiger charge is -2.04. The number of nitrogens with one attached hydrogen (secondary N) is 1. The van der Waals surface area contributed by atoms with Crippen LogP contribution >= 0.6 is 11.6 Å². The van der Waals surface area contributed by atoms with E-state index in [1.807, 2.05) is 0 Å². The van der Waals surface area contributed by atoms with Gasteiger partial charge in [-0.15, -0.1) is 6.42 Å². The Kier molecular flexibility index (Phi) is 4.98. The van der Waals surface area contributed by atoms with Crippen molar-refractivity contribution in [2.75, 3.05) is 13.2 Å². The summed E-state index contributed by atoms with van der Waals surface area (Å²) in [6.45, 7) is -0.294. The van der Waals surface area contributed by atoms with Crippen molar-refractivity contribution in [3.8, 4) is 12.3 Å². The molecule has 0 bridgehead atoms. The molecule has 0 aliphatic rings. The van der Waals surface area contributed by atoms with Crippen LogP contribution in [0.25, 0.3) is 0 Å². The fourth-order valence-electron chi connectivity index (χ4n) is 0.945. The summed E-state index contributed by atoms with van der Waals surface area (Å²) in [5.74, 6) is 1.12. The molecule has 1 aromatic heterocycles. The second kappa shape index (κ2) is 6.51. The zero-order valence-corrected chi connectivity index (χ0v) is 9.53. The maximum Gasteiger partial charge on any atom is 0.338 e. The van der Waals surface area contributed by atoms with Gasteiger partial charge in [-0.3, -0.25) is 4.79 Å². The van der Waals surface area contributed by atoms with E-state index in [0.717, 1.165) is 0 Å². The van der Waals surface area contributed by atoms with Crippen molar-refractivity contribution in [1.82, 2.24) is 10.3 Å². The van der Waals surface area contributed by atoms with Crippen LogP contribution in [0, 0.1) is 12.3 Å². The zero-order chi connectivity index (χ0) is 12.7. The van der Waals surface area contributed by atoms with E-state index in [1.54, 1.807) is 0 Å². The Morgan fingerprint density at radius 1 is 1.59 bits per heavy atom. The highest BCUT2D eigenvalue weighted by Gasteiger charge is 2.10. The first-order valence-corrected chi connectivity index (χ1v) is 5.00. The maximum atomic E-state index is 11.4. The highest BCUT2D eigenvalue weighted by Crippen LogP contribution is 2.07. The number of aromatic nitrogens is 1. The lowest BCUT2D eigenvalue weighted by Crippen LogP contribution is -2.28. The summed E-state index contributed by atoms with van der Waals surface area (Å²) in [5.41, 5.74) is 0.231.